The second-order valence-corrected chi connectivity index (χ2v) is 7.49. The van der Waals surface area contributed by atoms with Gasteiger partial charge in [0.1, 0.15) is 0 Å². The Morgan fingerprint density at radius 1 is 0.893 bits per heavy atom. The van der Waals surface area contributed by atoms with E-state index in [0.29, 0.717) is 22.4 Å². The number of halogens is 1. The Labute approximate surface area is 169 Å². The maximum Gasteiger partial charge on any atom is 0.270 e. The number of nitrogens with one attached hydrogen (secondary N) is 1. The number of aryl methyl sites for hydroxylation is 2. The van der Waals surface area contributed by atoms with Crippen LogP contribution in [-0.4, -0.2) is 22.4 Å². The lowest BCUT2D eigenvalue weighted by molar-refractivity contribution is 0.0923. The van der Waals surface area contributed by atoms with Crippen molar-refractivity contribution in [3.63, 3.8) is 0 Å². The van der Waals surface area contributed by atoms with Crippen molar-refractivity contribution in [2.45, 2.75) is 13.8 Å². The summed E-state index contributed by atoms with van der Waals surface area (Å²) in [6, 6.07) is 15.3. The molecule has 4 rings (SSSR count). The van der Waals surface area contributed by atoms with E-state index in [1.54, 1.807) is 47.1 Å². The highest BCUT2D eigenvalue weighted by atomic mass is 79.9. The van der Waals surface area contributed by atoms with Gasteiger partial charge in [0.2, 0.25) is 0 Å². The molecule has 0 bridgehead atoms. The summed E-state index contributed by atoms with van der Waals surface area (Å²) in [6.45, 7) is 3.78. The van der Waals surface area contributed by atoms with E-state index in [1.807, 2.05) is 26.0 Å². The highest BCUT2D eigenvalue weighted by molar-refractivity contribution is 9.10. The van der Waals surface area contributed by atoms with E-state index in [4.69, 9.17) is 0 Å². The molecule has 2 aromatic carbocycles. The maximum absolute atomic E-state index is 12.8. The summed E-state index contributed by atoms with van der Waals surface area (Å²) in [5.41, 5.74) is 6.01. The molecule has 6 nitrogen and oxygen atoms in total. The van der Waals surface area contributed by atoms with Crippen LogP contribution in [0, 0.1) is 13.8 Å². The van der Waals surface area contributed by atoms with E-state index in [2.05, 4.69) is 21.4 Å². The van der Waals surface area contributed by atoms with E-state index in [1.165, 1.54) is 0 Å². The fourth-order valence-corrected chi connectivity index (χ4v) is 3.61. The largest absolute Gasteiger partial charge is 0.270 e. The molecule has 1 aliphatic heterocycles. The van der Waals surface area contributed by atoms with Gasteiger partial charge >= 0.3 is 0 Å². The Kier molecular flexibility index (Phi) is 4.39. The van der Waals surface area contributed by atoms with Gasteiger partial charge in [-0.15, -0.1) is 0 Å². The molecule has 7 heteroatoms. The third-order valence-corrected chi connectivity index (χ3v) is 5.19. The van der Waals surface area contributed by atoms with Gasteiger partial charge in [0.25, 0.3) is 17.7 Å². The average molecular weight is 438 g/mol. The van der Waals surface area contributed by atoms with Crippen LogP contribution in [0.15, 0.2) is 59.1 Å². The van der Waals surface area contributed by atoms with Crippen LogP contribution in [0.4, 0.5) is 5.69 Å². The summed E-state index contributed by atoms with van der Waals surface area (Å²) in [5.74, 6) is -1.14. The first kappa shape index (κ1) is 18.2. The first-order valence-electron chi connectivity index (χ1n) is 8.61. The summed E-state index contributed by atoms with van der Waals surface area (Å²) in [6.07, 6.45) is 0. The molecule has 0 saturated heterocycles. The fourth-order valence-electron chi connectivity index (χ4n) is 3.24. The Morgan fingerprint density at radius 3 is 2.29 bits per heavy atom. The fraction of sp³-hybridized carbons (Fsp3) is 0.0952. The molecular weight excluding hydrogens is 422 g/mol. The topological polar surface area (TPSA) is 71.4 Å². The zero-order valence-electron chi connectivity index (χ0n) is 15.2. The van der Waals surface area contributed by atoms with Crippen molar-refractivity contribution in [1.29, 1.82) is 0 Å². The van der Waals surface area contributed by atoms with E-state index in [0.717, 1.165) is 20.8 Å². The SMILES string of the molecule is Cc1ccc(C)n1NC(=O)c1cccc(N2C(=O)c3ccc(Br)cc3C2=O)c1. The Balaban J connectivity index is 1.65. The van der Waals surface area contributed by atoms with Gasteiger partial charge in [0.15, 0.2) is 0 Å². The van der Waals surface area contributed by atoms with E-state index >= 15 is 0 Å². The lowest BCUT2D eigenvalue weighted by atomic mass is 10.1. The molecule has 0 radical (unpaired) electrons. The summed E-state index contributed by atoms with van der Waals surface area (Å²) in [5, 5.41) is 0. The molecule has 1 aliphatic rings. The Bertz CT molecular complexity index is 1130. The number of anilines is 1. The minimum atomic E-state index is -0.407. The number of amides is 3. The van der Waals surface area contributed by atoms with Gasteiger partial charge in [-0.05, 0) is 62.4 Å². The zero-order valence-corrected chi connectivity index (χ0v) is 16.8. The molecule has 0 unspecified atom stereocenters. The average Bonchev–Trinajstić information content (AvgIpc) is 3.12. The highest BCUT2D eigenvalue weighted by Gasteiger charge is 2.36. The van der Waals surface area contributed by atoms with Gasteiger partial charge in [-0.25, -0.2) is 4.90 Å². The molecule has 0 saturated carbocycles. The highest BCUT2D eigenvalue weighted by Crippen LogP contribution is 2.30. The molecule has 0 fully saturated rings. The van der Waals surface area contributed by atoms with Crippen LogP contribution in [0.2, 0.25) is 0 Å². The van der Waals surface area contributed by atoms with Gasteiger partial charge in [-0.2, -0.15) is 0 Å². The molecule has 140 valence electrons. The maximum atomic E-state index is 12.8. The number of carbonyl (C=O) groups excluding carboxylic acids is 3. The van der Waals surface area contributed by atoms with Crippen LogP contribution >= 0.6 is 15.9 Å². The van der Waals surface area contributed by atoms with Gasteiger partial charge < -0.3 is 0 Å². The lowest BCUT2D eigenvalue weighted by Gasteiger charge is -2.16. The monoisotopic (exact) mass is 437 g/mol. The lowest BCUT2D eigenvalue weighted by Crippen LogP contribution is -2.30. The van der Waals surface area contributed by atoms with Crippen molar-refractivity contribution in [3.05, 3.63) is 87.1 Å². The van der Waals surface area contributed by atoms with Crippen molar-refractivity contribution in [3.8, 4) is 0 Å². The van der Waals surface area contributed by atoms with E-state index < -0.39 is 11.8 Å². The van der Waals surface area contributed by atoms with Crippen LogP contribution in [0.1, 0.15) is 42.5 Å². The number of hydrogen-bond donors (Lipinski definition) is 1. The minimum absolute atomic E-state index is 0.330. The molecule has 1 N–H and O–H groups in total. The number of hydrogen-bond acceptors (Lipinski definition) is 3. The van der Waals surface area contributed by atoms with Crippen molar-refractivity contribution >= 4 is 39.3 Å². The van der Waals surface area contributed by atoms with Crippen LogP contribution in [0.3, 0.4) is 0 Å². The predicted octanol–water partition coefficient (Wildman–Crippen LogP) is 4.05. The minimum Gasteiger partial charge on any atom is -0.268 e. The zero-order chi connectivity index (χ0) is 20.0. The smallest absolute Gasteiger partial charge is 0.268 e. The van der Waals surface area contributed by atoms with E-state index in [-0.39, 0.29) is 5.91 Å². The summed E-state index contributed by atoms with van der Waals surface area (Å²) in [4.78, 5) is 39.3. The number of nitrogens with zero attached hydrogens (tertiary/aromatic N) is 2. The van der Waals surface area contributed by atoms with Crippen molar-refractivity contribution in [2.24, 2.45) is 0 Å². The normalized spacial score (nSPS) is 13.0. The molecule has 0 atom stereocenters. The first-order valence-corrected chi connectivity index (χ1v) is 9.41. The number of carbonyl (C=O) groups is 3. The number of fused-ring (bicyclic) bond motifs is 1. The van der Waals surface area contributed by atoms with Crippen molar-refractivity contribution in [1.82, 2.24) is 4.68 Å². The van der Waals surface area contributed by atoms with E-state index in [9.17, 15) is 14.4 Å². The van der Waals surface area contributed by atoms with Crippen LogP contribution in [0.25, 0.3) is 0 Å². The van der Waals surface area contributed by atoms with Gasteiger partial charge in [0, 0.05) is 21.4 Å². The molecule has 3 amide bonds. The Hall–Kier alpha value is -3.19. The number of benzene rings is 2. The molecule has 3 aromatic rings. The number of imide groups is 1. The third kappa shape index (κ3) is 2.93. The third-order valence-electron chi connectivity index (χ3n) is 4.70. The van der Waals surface area contributed by atoms with Crippen LogP contribution in [-0.2, 0) is 0 Å². The summed E-state index contributed by atoms with van der Waals surface area (Å²) >= 11 is 3.32. The first-order chi connectivity index (χ1) is 13.4. The van der Waals surface area contributed by atoms with Crippen LogP contribution in [0.5, 0.6) is 0 Å². The molecular formula is C21H16BrN3O3. The standard InChI is InChI=1S/C21H16BrN3O3/c1-12-6-7-13(2)25(12)23-19(26)14-4-3-5-16(10-14)24-20(27)17-9-8-15(22)11-18(17)21(24)28/h3-11H,1-2H3,(H,23,26). The summed E-state index contributed by atoms with van der Waals surface area (Å²) in [7, 11) is 0. The second kappa shape index (κ2) is 6.76. The molecule has 2 heterocycles. The Morgan fingerprint density at radius 2 is 1.57 bits per heavy atom. The van der Waals surface area contributed by atoms with Gasteiger partial charge in [-0.3, -0.25) is 24.5 Å². The number of aromatic nitrogens is 1. The van der Waals surface area contributed by atoms with Gasteiger partial charge in [-0.1, -0.05) is 22.0 Å². The molecule has 1 aromatic heterocycles. The van der Waals surface area contributed by atoms with Crippen molar-refractivity contribution in [2.75, 3.05) is 10.3 Å². The quantitative estimate of drug-likeness (QED) is 0.628. The molecule has 0 aliphatic carbocycles. The molecule has 0 spiro atoms. The van der Waals surface area contributed by atoms with Crippen LogP contribution < -0.4 is 10.3 Å². The number of rotatable bonds is 3. The molecule has 28 heavy (non-hydrogen) atoms. The summed E-state index contributed by atoms with van der Waals surface area (Å²) < 4.78 is 2.41. The predicted molar refractivity (Wildman–Crippen MR) is 109 cm³/mol. The van der Waals surface area contributed by atoms with Gasteiger partial charge in [0.05, 0.1) is 16.8 Å². The van der Waals surface area contributed by atoms with Crippen molar-refractivity contribution < 1.29 is 14.4 Å². The second-order valence-electron chi connectivity index (χ2n) is 6.58.